The third-order valence-electron chi connectivity index (χ3n) is 3.52. The van der Waals surface area contributed by atoms with Crippen molar-refractivity contribution >= 4 is 0 Å². The molecule has 0 heterocycles. The molecule has 3 heteroatoms. The second kappa shape index (κ2) is 9.86. The molecule has 0 aliphatic heterocycles. The molecular weight excluding hydrogens is 214 g/mol. The third kappa shape index (κ3) is 7.74. The van der Waals surface area contributed by atoms with Crippen LogP contribution >= 0.6 is 0 Å². The maximum absolute atomic E-state index is 5.73. The number of methoxy groups -OCH3 is 1. The van der Waals surface area contributed by atoms with E-state index in [4.69, 9.17) is 9.47 Å². The molecular formula is C14H29NO2. The van der Waals surface area contributed by atoms with Gasteiger partial charge in [0.2, 0.25) is 0 Å². The number of hydrogen-bond acceptors (Lipinski definition) is 3. The summed E-state index contributed by atoms with van der Waals surface area (Å²) in [7, 11) is 1.74. The van der Waals surface area contributed by atoms with Crippen molar-refractivity contribution in [2.45, 2.75) is 39.0 Å². The van der Waals surface area contributed by atoms with Crippen molar-refractivity contribution in [2.75, 3.05) is 40.0 Å². The summed E-state index contributed by atoms with van der Waals surface area (Å²) in [5.41, 5.74) is 0. The van der Waals surface area contributed by atoms with Crippen LogP contribution in [0.15, 0.2) is 0 Å². The van der Waals surface area contributed by atoms with Crippen LogP contribution in [0, 0.1) is 11.8 Å². The number of rotatable bonds is 9. The molecule has 1 aliphatic carbocycles. The zero-order chi connectivity index (χ0) is 12.3. The second-order valence-corrected chi connectivity index (χ2v) is 5.31. The summed E-state index contributed by atoms with van der Waals surface area (Å²) in [6, 6.07) is 0. The molecule has 3 nitrogen and oxygen atoms in total. The van der Waals surface area contributed by atoms with Crippen LogP contribution < -0.4 is 5.32 Å². The Kier molecular flexibility index (Phi) is 8.67. The van der Waals surface area contributed by atoms with Gasteiger partial charge in [0.25, 0.3) is 0 Å². The highest BCUT2D eigenvalue weighted by Crippen LogP contribution is 2.28. The predicted molar refractivity (Wildman–Crippen MR) is 71.3 cm³/mol. The van der Waals surface area contributed by atoms with Crippen molar-refractivity contribution in [3.05, 3.63) is 0 Å². The smallest absolute Gasteiger partial charge is 0.0591 e. The molecule has 0 saturated heterocycles. The minimum Gasteiger partial charge on any atom is -0.385 e. The van der Waals surface area contributed by atoms with E-state index >= 15 is 0 Å². The van der Waals surface area contributed by atoms with Gasteiger partial charge in [0.1, 0.15) is 0 Å². The van der Waals surface area contributed by atoms with Crippen molar-refractivity contribution in [1.82, 2.24) is 5.32 Å². The van der Waals surface area contributed by atoms with E-state index in [9.17, 15) is 0 Å². The summed E-state index contributed by atoms with van der Waals surface area (Å²) in [5, 5.41) is 3.36. The number of hydrogen-bond donors (Lipinski definition) is 1. The van der Waals surface area contributed by atoms with Crippen LogP contribution in [0.4, 0.5) is 0 Å². The predicted octanol–water partition coefficient (Wildman–Crippen LogP) is 2.46. The highest BCUT2D eigenvalue weighted by molar-refractivity contribution is 4.69. The van der Waals surface area contributed by atoms with Gasteiger partial charge in [0.15, 0.2) is 0 Å². The standard InChI is InChI=1S/C14H29NO2/c1-13-5-3-6-14(11-13)12-17-10-8-15-7-4-9-16-2/h13-15H,3-12H2,1-2H3. The van der Waals surface area contributed by atoms with Gasteiger partial charge < -0.3 is 14.8 Å². The highest BCUT2D eigenvalue weighted by atomic mass is 16.5. The molecule has 0 spiro atoms. The van der Waals surface area contributed by atoms with Crippen molar-refractivity contribution < 1.29 is 9.47 Å². The van der Waals surface area contributed by atoms with E-state index < -0.39 is 0 Å². The van der Waals surface area contributed by atoms with Gasteiger partial charge in [-0.1, -0.05) is 19.8 Å². The van der Waals surface area contributed by atoms with Gasteiger partial charge in [-0.3, -0.25) is 0 Å². The zero-order valence-corrected chi connectivity index (χ0v) is 11.5. The molecule has 0 amide bonds. The van der Waals surface area contributed by atoms with Crippen LogP contribution in [0.2, 0.25) is 0 Å². The highest BCUT2D eigenvalue weighted by Gasteiger charge is 2.18. The van der Waals surface area contributed by atoms with Crippen molar-refractivity contribution in [1.29, 1.82) is 0 Å². The molecule has 0 aromatic rings. The van der Waals surface area contributed by atoms with Crippen LogP contribution in [0.25, 0.3) is 0 Å². The molecule has 1 aliphatic rings. The number of nitrogens with one attached hydrogen (secondary N) is 1. The molecule has 17 heavy (non-hydrogen) atoms. The summed E-state index contributed by atoms with van der Waals surface area (Å²) < 4.78 is 10.7. The largest absolute Gasteiger partial charge is 0.385 e. The van der Waals surface area contributed by atoms with Crippen LogP contribution in [0.3, 0.4) is 0 Å². The Hall–Kier alpha value is -0.120. The molecule has 0 aromatic carbocycles. The maximum Gasteiger partial charge on any atom is 0.0591 e. The summed E-state index contributed by atoms with van der Waals surface area (Å²) in [5.74, 6) is 1.72. The Morgan fingerprint density at radius 2 is 2.06 bits per heavy atom. The fourth-order valence-electron chi connectivity index (χ4n) is 2.57. The summed E-state index contributed by atoms with van der Waals surface area (Å²) in [6.07, 6.45) is 6.62. The minimum absolute atomic E-state index is 0.812. The lowest BCUT2D eigenvalue weighted by Gasteiger charge is -2.26. The maximum atomic E-state index is 5.73. The van der Waals surface area contributed by atoms with E-state index in [1.807, 2.05) is 0 Å². The molecule has 0 aromatic heterocycles. The van der Waals surface area contributed by atoms with E-state index in [1.54, 1.807) is 7.11 Å². The molecule has 2 atom stereocenters. The first kappa shape index (κ1) is 14.9. The molecule has 1 N–H and O–H groups in total. The Balaban J connectivity index is 1.83. The van der Waals surface area contributed by atoms with Gasteiger partial charge in [0, 0.05) is 26.9 Å². The summed E-state index contributed by atoms with van der Waals surface area (Å²) in [6.45, 7) is 7.00. The topological polar surface area (TPSA) is 30.5 Å². The second-order valence-electron chi connectivity index (χ2n) is 5.31. The number of ether oxygens (including phenoxy) is 2. The molecule has 1 fully saturated rings. The summed E-state index contributed by atoms with van der Waals surface area (Å²) >= 11 is 0. The first-order valence-corrected chi connectivity index (χ1v) is 7.10. The minimum atomic E-state index is 0.812. The lowest BCUT2D eigenvalue weighted by atomic mass is 9.83. The molecule has 1 rings (SSSR count). The van der Waals surface area contributed by atoms with Gasteiger partial charge in [0.05, 0.1) is 6.61 Å². The van der Waals surface area contributed by atoms with Crippen molar-refractivity contribution in [3.63, 3.8) is 0 Å². The lowest BCUT2D eigenvalue weighted by Crippen LogP contribution is -2.24. The van der Waals surface area contributed by atoms with Gasteiger partial charge in [-0.15, -0.1) is 0 Å². The normalized spacial score (nSPS) is 25.1. The Morgan fingerprint density at radius 1 is 1.18 bits per heavy atom. The monoisotopic (exact) mass is 243 g/mol. The Labute approximate surface area is 106 Å². The van der Waals surface area contributed by atoms with E-state index in [0.29, 0.717) is 0 Å². The van der Waals surface area contributed by atoms with E-state index in [1.165, 1.54) is 25.7 Å². The van der Waals surface area contributed by atoms with E-state index in [0.717, 1.165) is 51.2 Å². The van der Waals surface area contributed by atoms with Crippen molar-refractivity contribution in [2.24, 2.45) is 11.8 Å². The third-order valence-corrected chi connectivity index (χ3v) is 3.52. The van der Waals surface area contributed by atoms with E-state index in [-0.39, 0.29) is 0 Å². The van der Waals surface area contributed by atoms with Gasteiger partial charge in [-0.2, -0.15) is 0 Å². The average Bonchev–Trinajstić information content (AvgIpc) is 2.33. The first-order valence-electron chi connectivity index (χ1n) is 7.10. The fourth-order valence-corrected chi connectivity index (χ4v) is 2.57. The van der Waals surface area contributed by atoms with Gasteiger partial charge in [-0.25, -0.2) is 0 Å². The molecule has 0 radical (unpaired) electrons. The van der Waals surface area contributed by atoms with Crippen molar-refractivity contribution in [3.8, 4) is 0 Å². The molecule has 2 unspecified atom stereocenters. The van der Waals surface area contributed by atoms with Gasteiger partial charge >= 0.3 is 0 Å². The lowest BCUT2D eigenvalue weighted by molar-refractivity contribution is 0.0778. The molecule has 1 saturated carbocycles. The molecule has 102 valence electrons. The SMILES string of the molecule is COCCCNCCOCC1CCCC(C)C1. The Morgan fingerprint density at radius 3 is 2.82 bits per heavy atom. The quantitative estimate of drug-likeness (QED) is 0.631. The van der Waals surface area contributed by atoms with Crippen LogP contribution in [0.1, 0.15) is 39.0 Å². The zero-order valence-electron chi connectivity index (χ0n) is 11.5. The molecule has 0 bridgehead atoms. The first-order chi connectivity index (χ1) is 8.33. The fraction of sp³-hybridized carbons (Fsp3) is 1.00. The Bertz CT molecular complexity index is 176. The van der Waals surface area contributed by atoms with E-state index in [2.05, 4.69) is 12.2 Å². The summed E-state index contributed by atoms with van der Waals surface area (Å²) in [4.78, 5) is 0. The van der Waals surface area contributed by atoms with Crippen LogP contribution in [-0.2, 0) is 9.47 Å². The average molecular weight is 243 g/mol. The van der Waals surface area contributed by atoms with Crippen LogP contribution in [-0.4, -0.2) is 40.0 Å². The van der Waals surface area contributed by atoms with Gasteiger partial charge in [-0.05, 0) is 37.6 Å². The van der Waals surface area contributed by atoms with Crippen LogP contribution in [0.5, 0.6) is 0 Å².